The predicted octanol–water partition coefficient (Wildman–Crippen LogP) is -0.337. The SMILES string of the molecule is CC1COCCN(C(C)C(O)CN)C1. The lowest BCUT2D eigenvalue weighted by Crippen LogP contribution is -2.46. The molecule has 3 atom stereocenters. The molecule has 0 bridgehead atoms. The lowest BCUT2D eigenvalue weighted by Gasteiger charge is -2.31. The first-order valence-corrected chi connectivity index (χ1v) is 5.35. The van der Waals surface area contributed by atoms with Gasteiger partial charge in [-0.1, -0.05) is 6.92 Å². The predicted molar refractivity (Wildman–Crippen MR) is 56.1 cm³/mol. The van der Waals surface area contributed by atoms with Crippen molar-refractivity contribution < 1.29 is 9.84 Å². The van der Waals surface area contributed by atoms with Crippen LogP contribution in [0.2, 0.25) is 0 Å². The van der Waals surface area contributed by atoms with Crippen LogP contribution in [0.1, 0.15) is 13.8 Å². The fourth-order valence-corrected chi connectivity index (χ4v) is 1.82. The van der Waals surface area contributed by atoms with Gasteiger partial charge in [0, 0.05) is 25.7 Å². The molecule has 1 heterocycles. The normalized spacial score (nSPS) is 29.6. The third-order valence-corrected chi connectivity index (χ3v) is 2.85. The number of aliphatic hydroxyl groups is 1. The Morgan fingerprint density at radius 1 is 1.64 bits per heavy atom. The molecule has 1 aliphatic rings. The fraction of sp³-hybridized carbons (Fsp3) is 1.00. The number of hydrogen-bond acceptors (Lipinski definition) is 4. The first-order valence-electron chi connectivity index (χ1n) is 5.35. The molecular weight excluding hydrogens is 180 g/mol. The van der Waals surface area contributed by atoms with Crippen LogP contribution in [0.3, 0.4) is 0 Å². The van der Waals surface area contributed by atoms with E-state index >= 15 is 0 Å². The van der Waals surface area contributed by atoms with Gasteiger partial charge in [-0.2, -0.15) is 0 Å². The smallest absolute Gasteiger partial charge is 0.0814 e. The van der Waals surface area contributed by atoms with Gasteiger partial charge in [-0.15, -0.1) is 0 Å². The number of ether oxygens (including phenoxy) is 1. The molecule has 1 rings (SSSR count). The van der Waals surface area contributed by atoms with Crippen molar-refractivity contribution in [2.45, 2.75) is 26.0 Å². The Labute approximate surface area is 86.0 Å². The topological polar surface area (TPSA) is 58.7 Å². The first kappa shape index (κ1) is 11.9. The van der Waals surface area contributed by atoms with Gasteiger partial charge >= 0.3 is 0 Å². The molecule has 1 saturated heterocycles. The number of hydrogen-bond donors (Lipinski definition) is 2. The van der Waals surface area contributed by atoms with Gasteiger partial charge in [0.25, 0.3) is 0 Å². The van der Waals surface area contributed by atoms with Gasteiger partial charge in [-0.05, 0) is 12.8 Å². The van der Waals surface area contributed by atoms with Crippen LogP contribution in [0.4, 0.5) is 0 Å². The largest absolute Gasteiger partial charge is 0.390 e. The lowest BCUT2D eigenvalue weighted by atomic mass is 10.1. The van der Waals surface area contributed by atoms with E-state index in [9.17, 15) is 5.11 Å². The highest BCUT2D eigenvalue weighted by molar-refractivity contribution is 4.78. The average Bonchev–Trinajstić information content (AvgIpc) is 2.40. The van der Waals surface area contributed by atoms with Crippen molar-refractivity contribution in [2.24, 2.45) is 11.7 Å². The fourth-order valence-electron chi connectivity index (χ4n) is 1.82. The van der Waals surface area contributed by atoms with Crippen LogP contribution in [0.15, 0.2) is 0 Å². The summed E-state index contributed by atoms with van der Waals surface area (Å²) >= 11 is 0. The molecule has 0 aromatic carbocycles. The maximum absolute atomic E-state index is 9.65. The zero-order chi connectivity index (χ0) is 10.6. The minimum atomic E-state index is -0.430. The van der Waals surface area contributed by atoms with Gasteiger partial charge in [-0.3, -0.25) is 4.90 Å². The second kappa shape index (κ2) is 5.66. The van der Waals surface area contributed by atoms with E-state index in [0.717, 1.165) is 26.3 Å². The van der Waals surface area contributed by atoms with Crippen molar-refractivity contribution in [3.8, 4) is 0 Å². The minimum absolute atomic E-state index is 0.129. The molecule has 0 aromatic rings. The summed E-state index contributed by atoms with van der Waals surface area (Å²) in [6.07, 6.45) is -0.430. The molecule has 0 aliphatic carbocycles. The van der Waals surface area contributed by atoms with Crippen LogP contribution in [0.5, 0.6) is 0 Å². The summed E-state index contributed by atoms with van der Waals surface area (Å²) in [5, 5.41) is 9.65. The molecule has 3 unspecified atom stereocenters. The van der Waals surface area contributed by atoms with E-state index in [-0.39, 0.29) is 6.04 Å². The Hall–Kier alpha value is -0.160. The van der Waals surface area contributed by atoms with Crippen LogP contribution >= 0.6 is 0 Å². The highest BCUT2D eigenvalue weighted by Crippen LogP contribution is 2.11. The number of nitrogens with two attached hydrogens (primary N) is 1. The van der Waals surface area contributed by atoms with Gasteiger partial charge in [0.1, 0.15) is 0 Å². The van der Waals surface area contributed by atoms with E-state index in [1.54, 1.807) is 0 Å². The second-order valence-corrected chi connectivity index (χ2v) is 4.22. The highest BCUT2D eigenvalue weighted by Gasteiger charge is 2.23. The number of aliphatic hydroxyl groups excluding tert-OH is 1. The zero-order valence-corrected chi connectivity index (χ0v) is 9.15. The van der Waals surface area contributed by atoms with E-state index in [2.05, 4.69) is 11.8 Å². The maximum Gasteiger partial charge on any atom is 0.0814 e. The van der Waals surface area contributed by atoms with Crippen molar-refractivity contribution >= 4 is 0 Å². The molecule has 3 N–H and O–H groups in total. The Balaban J connectivity index is 2.47. The Morgan fingerprint density at radius 3 is 3.00 bits per heavy atom. The summed E-state index contributed by atoms with van der Waals surface area (Å²) in [6.45, 7) is 7.97. The van der Waals surface area contributed by atoms with E-state index in [4.69, 9.17) is 10.5 Å². The van der Waals surface area contributed by atoms with Gasteiger partial charge < -0.3 is 15.6 Å². The summed E-state index contributed by atoms with van der Waals surface area (Å²) in [6, 6.07) is 0.129. The van der Waals surface area contributed by atoms with Crippen molar-refractivity contribution in [1.82, 2.24) is 4.90 Å². The van der Waals surface area contributed by atoms with Crippen molar-refractivity contribution in [3.63, 3.8) is 0 Å². The lowest BCUT2D eigenvalue weighted by molar-refractivity contribution is 0.0588. The summed E-state index contributed by atoms with van der Waals surface area (Å²) < 4.78 is 5.45. The third-order valence-electron chi connectivity index (χ3n) is 2.85. The molecule has 0 saturated carbocycles. The monoisotopic (exact) mass is 202 g/mol. The van der Waals surface area contributed by atoms with E-state index in [0.29, 0.717) is 12.5 Å². The first-order chi connectivity index (χ1) is 6.65. The van der Waals surface area contributed by atoms with Crippen LogP contribution < -0.4 is 5.73 Å². The van der Waals surface area contributed by atoms with Crippen LogP contribution in [0, 0.1) is 5.92 Å². The van der Waals surface area contributed by atoms with Gasteiger partial charge in [0.15, 0.2) is 0 Å². The zero-order valence-electron chi connectivity index (χ0n) is 9.15. The van der Waals surface area contributed by atoms with E-state index < -0.39 is 6.10 Å². The molecule has 0 aromatic heterocycles. The molecular formula is C10H22N2O2. The van der Waals surface area contributed by atoms with Crippen LogP contribution in [0.25, 0.3) is 0 Å². The molecule has 0 spiro atoms. The molecule has 1 aliphatic heterocycles. The van der Waals surface area contributed by atoms with Gasteiger partial charge in [0.2, 0.25) is 0 Å². The van der Waals surface area contributed by atoms with E-state index in [1.807, 2.05) is 6.92 Å². The van der Waals surface area contributed by atoms with Crippen molar-refractivity contribution in [2.75, 3.05) is 32.8 Å². The van der Waals surface area contributed by atoms with Crippen molar-refractivity contribution in [3.05, 3.63) is 0 Å². The summed E-state index contributed by atoms with van der Waals surface area (Å²) in [5.74, 6) is 0.532. The second-order valence-electron chi connectivity index (χ2n) is 4.22. The molecule has 4 heteroatoms. The molecule has 0 amide bonds. The average molecular weight is 202 g/mol. The van der Waals surface area contributed by atoms with Gasteiger partial charge in [0.05, 0.1) is 19.3 Å². The standard InChI is InChI=1S/C10H22N2O2/c1-8-6-12(3-4-14-7-8)9(2)10(13)5-11/h8-10,13H,3-7,11H2,1-2H3. The van der Waals surface area contributed by atoms with Crippen LogP contribution in [-0.4, -0.2) is 55.0 Å². The Bertz CT molecular complexity index is 166. The molecule has 0 radical (unpaired) electrons. The summed E-state index contributed by atoms with van der Waals surface area (Å²) in [5.41, 5.74) is 5.45. The third kappa shape index (κ3) is 3.20. The molecule has 84 valence electrons. The minimum Gasteiger partial charge on any atom is -0.390 e. The molecule has 1 fully saturated rings. The van der Waals surface area contributed by atoms with Crippen LogP contribution in [-0.2, 0) is 4.74 Å². The summed E-state index contributed by atoms with van der Waals surface area (Å²) in [4.78, 5) is 2.26. The van der Waals surface area contributed by atoms with Crippen molar-refractivity contribution in [1.29, 1.82) is 0 Å². The molecule has 14 heavy (non-hydrogen) atoms. The quantitative estimate of drug-likeness (QED) is 0.657. The molecule has 4 nitrogen and oxygen atoms in total. The Kier molecular flexibility index (Phi) is 4.81. The summed E-state index contributed by atoms with van der Waals surface area (Å²) in [7, 11) is 0. The Morgan fingerprint density at radius 2 is 2.36 bits per heavy atom. The van der Waals surface area contributed by atoms with Gasteiger partial charge in [-0.25, -0.2) is 0 Å². The highest BCUT2D eigenvalue weighted by atomic mass is 16.5. The number of rotatable bonds is 3. The maximum atomic E-state index is 9.65. The number of nitrogens with zero attached hydrogens (tertiary/aromatic N) is 1. The van der Waals surface area contributed by atoms with E-state index in [1.165, 1.54) is 0 Å².